The Labute approximate surface area is 147 Å². The molecule has 0 bridgehead atoms. The van der Waals surface area contributed by atoms with Crippen molar-refractivity contribution in [3.05, 3.63) is 58.7 Å². The number of carboxylic acid groups (broad SMARTS) is 2. The lowest BCUT2D eigenvalue weighted by atomic mass is 10.1. The van der Waals surface area contributed by atoms with Gasteiger partial charge in [0.1, 0.15) is 10.0 Å². The highest BCUT2D eigenvalue weighted by Crippen LogP contribution is 2.31. The van der Waals surface area contributed by atoms with Gasteiger partial charge in [-0.15, -0.1) is 10.2 Å². The number of aryl methyl sites for hydroxylation is 2. The average Bonchev–Trinajstić information content (AvgIpc) is 3.03. The third kappa shape index (κ3) is 3.27. The van der Waals surface area contributed by atoms with Gasteiger partial charge >= 0.3 is 0 Å². The molecule has 1 heterocycles. The quantitative estimate of drug-likeness (QED) is 0.699. The number of hydrogen-bond acceptors (Lipinski definition) is 7. The predicted octanol–water partition coefficient (Wildman–Crippen LogP) is 1.22. The summed E-state index contributed by atoms with van der Waals surface area (Å²) in [6, 6.07) is 9.74. The highest BCUT2D eigenvalue weighted by atomic mass is 32.1. The van der Waals surface area contributed by atoms with Gasteiger partial charge in [0.05, 0.1) is 11.9 Å². The van der Waals surface area contributed by atoms with Crippen LogP contribution in [0.5, 0.6) is 0 Å². The number of carbonyl (C=O) groups is 2. The van der Waals surface area contributed by atoms with Crippen molar-refractivity contribution in [1.29, 1.82) is 0 Å². The highest BCUT2D eigenvalue weighted by molar-refractivity contribution is 7.17. The number of carbonyl (C=O) groups excluding carboxylic acids is 2. The fraction of sp³-hybridized carbons (Fsp3) is 0.111. The molecule has 0 saturated heterocycles. The second kappa shape index (κ2) is 6.45. The Morgan fingerprint density at radius 3 is 1.52 bits per heavy atom. The van der Waals surface area contributed by atoms with Gasteiger partial charge in [-0.25, -0.2) is 0 Å². The molecule has 0 aliphatic heterocycles. The van der Waals surface area contributed by atoms with E-state index in [2.05, 4.69) is 10.2 Å². The van der Waals surface area contributed by atoms with Gasteiger partial charge in [-0.1, -0.05) is 35.6 Å². The minimum Gasteiger partial charge on any atom is -0.545 e. The third-order valence-electron chi connectivity index (χ3n) is 3.81. The van der Waals surface area contributed by atoms with E-state index < -0.39 is 11.9 Å². The van der Waals surface area contributed by atoms with Crippen molar-refractivity contribution in [3.8, 4) is 21.1 Å². The zero-order valence-corrected chi connectivity index (χ0v) is 14.2. The molecule has 0 aliphatic rings. The topological polar surface area (TPSA) is 106 Å². The molecule has 6 nitrogen and oxygen atoms in total. The molecular formula is C18H12N2O4S-2. The van der Waals surface area contributed by atoms with E-state index >= 15 is 0 Å². The van der Waals surface area contributed by atoms with E-state index in [-0.39, 0.29) is 11.1 Å². The Morgan fingerprint density at radius 2 is 1.20 bits per heavy atom. The van der Waals surface area contributed by atoms with Crippen LogP contribution >= 0.6 is 11.3 Å². The van der Waals surface area contributed by atoms with Gasteiger partial charge in [-0.3, -0.25) is 0 Å². The molecule has 0 spiro atoms. The van der Waals surface area contributed by atoms with Gasteiger partial charge in [-0.2, -0.15) is 0 Å². The van der Waals surface area contributed by atoms with Crippen LogP contribution in [0.2, 0.25) is 0 Å². The van der Waals surface area contributed by atoms with Crippen LogP contribution in [0.4, 0.5) is 0 Å². The fourth-order valence-corrected chi connectivity index (χ4v) is 3.34. The van der Waals surface area contributed by atoms with Crippen LogP contribution in [0, 0.1) is 13.8 Å². The minimum atomic E-state index is -1.22. The largest absolute Gasteiger partial charge is 0.545 e. The van der Waals surface area contributed by atoms with Crippen molar-refractivity contribution in [2.45, 2.75) is 13.8 Å². The summed E-state index contributed by atoms with van der Waals surface area (Å²) in [6.07, 6.45) is 0. The van der Waals surface area contributed by atoms with Gasteiger partial charge in [0.2, 0.25) is 0 Å². The zero-order chi connectivity index (χ0) is 18.1. The summed E-state index contributed by atoms with van der Waals surface area (Å²) in [7, 11) is 0. The van der Waals surface area contributed by atoms with Gasteiger partial charge in [-0.05, 0) is 37.1 Å². The maximum absolute atomic E-state index is 11.0. The lowest BCUT2D eigenvalue weighted by molar-refractivity contribution is -0.256. The van der Waals surface area contributed by atoms with Crippen LogP contribution in [0.15, 0.2) is 36.4 Å². The Hall–Kier alpha value is -3.06. The summed E-state index contributed by atoms with van der Waals surface area (Å²) in [6.45, 7) is 3.39. The van der Waals surface area contributed by atoms with Crippen LogP contribution < -0.4 is 10.2 Å². The normalized spacial score (nSPS) is 10.6. The average molecular weight is 352 g/mol. The Morgan fingerprint density at radius 1 is 0.800 bits per heavy atom. The van der Waals surface area contributed by atoms with Crippen LogP contribution in [-0.4, -0.2) is 22.1 Å². The van der Waals surface area contributed by atoms with Crippen LogP contribution in [0.25, 0.3) is 21.1 Å². The number of aromatic carboxylic acids is 2. The molecule has 0 radical (unpaired) electrons. The smallest absolute Gasteiger partial charge is 0.148 e. The fourth-order valence-electron chi connectivity index (χ4n) is 2.51. The van der Waals surface area contributed by atoms with Crippen molar-refractivity contribution in [3.63, 3.8) is 0 Å². The van der Waals surface area contributed by atoms with Gasteiger partial charge in [0.25, 0.3) is 0 Å². The van der Waals surface area contributed by atoms with Crippen LogP contribution in [0.3, 0.4) is 0 Å². The minimum absolute atomic E-state index is 0.141. The Bertz CT molecular complexity index is 916. The molecule has 0 unspecified atom stereocenters. The maximum Gasteiger partial charge on any atom is 0.148 e. The molecule has 25 heavy (non-hydrogen) atoms. The molecule has 7 heteroatoms. The summed E-state index contributed by atoms with van der Waals surface area (Å²) in [4.78, 5) is 22.0. The number of aromatic nitrogens is 2. The number of benzene rings is 2. The van der Waals surface area contributed by atoms with E-state index in [4.69, 9.17) is 0 Å². The van der Waals surface area contributed by atoms with Gasteiger partial charge in [0.15, 0.2) is 0 Å². The first-order valence-corrected chi connectivity index (χ1v) is 8.16. The van der Waals surface area contributed by atoms with E-state index in [1.807, 2.05) is 0 Å². The highest BCUT2D eigenvalue weighted by Gasteiger charge is 2.11. The molecule has 126 valence electrons. The molecular weight excluding hydrogens is 340 g/mol. The van der Waals surface area contributed by atoms with Crippen molar-refractivity contribution in [2.24, 2.45) is 0 Å². The molecule has 0 amide bonds. The lowest BCUT2D eigenvalue weighted by Crippen LogP contribution is -2.23. The molecule has 0 aliphatic carbocycles. The third-order valence-corrected chi connectivity index (χ3v) is 4.83. The van der Waals surface area contributed by atoms with Crippen molar-refractivity contribution in [1.82, 2.24) is 10.2 Å². The maximum atomic E-state index is 11.0. The van der Waals surface area contributed by atoms with E-state index in [0.717, 1.165) is 11.1 Å². The molecule has 0 atom stereocenters. The van der Waals surface area contributed by atoms with Gasteiger partial charge < -0.3 is 19.8 Å². The van der Waals surface area contributed by atoms with Crippen LogP contribution in [-0.2, 0) is 0 Å². The Kier molecular flexibility index (Phi) is 4.33. The van der Waals surface area contributed by atoms with E-state index in [0.29, 0.717) is 21.1 Å². The van der Waals surface area contributed by atoms with E-state index in [1.165, 1.54) is 23.5 Å². The number of carboxylic acids is 2. The molecule has 0 N–H and O–H groups in total. The predicted molar refractivity (Wildman–Crippen MR) is 88.9 cm³/mol. The zero-order valence-electron chi connectivity index (χ0n) is 13.4. The summed E-state index contributed by atoms with van der Waals surface area (Å²) in [5.41, 5.74) is 2.97. The summed E-state index contributed by atoms with van der Waals surface area (Å²) < 4.78 is 0. The second-order valence-corrected chi connectivity index (χ2v) is 6.52. The van der Waals surface area contributed by atoms with Crippen LogP contribution in [0.1, 0.15) is 31.8 Å². The summed E-state index contributed by atoms with van der Waals surface area (Å²) in [5.74, 6) is -2.43. The van der Waals surface area contributed by atoms with E-state index in [1.54, 1.807) is 38.1 Å². The summed E-state index contributed by atoms with van der Waals surface area (Å²) >= 11 is 1.34. The van der Waals surface area contributed by atoms with Gasteiger partial charge in [0, 0.05) is 22.3 Å². The molecule has 2 aromatic carbocycles. The Balaban J connectivity index is 1.95. The number of nitrogens with zero attached hydrogens (tertiary/aromatic N) is 2. The van der Waals surface area contributed by atoms with E-state index in [9.17, 15) is 19.8 Å². The SMILES string of the molecule is Cc1cc(-c2nnc(-c3ccc(C(=O)[O-])c(C)c3)s2)ccc1C(=O)[O-]. The number of rotatable bonds is 4. The van der Waals surface area contributed by atoms with Crippen molar-refractivity contribution < 1.29 is 19.8 Å². The number of hydrogen-bond donors (Lipinski definition) is 0. The second-order valence-electron chi connectivity index (χ2n) is 5.55. The lowest BCUT2D eigenvalue weighted by Gasteiger charge is -2.07. The standard InChI is InChI=1S/C18H14N2O4S/c1-9-7-11(3-5-13(9)17(21)22)15-19-20-16(25-15)12-4-6-14(18(23)24)10(2)8-12/h3-8H,1-2H3,(H,21,22)(H,23,24)/p-2. The molecule has 1 aromatic heterocycles. The molecule has 3 aromatic rings. The van der Waals surface area contributed by atoms with Crippen molar-refractivity contribution in [2.75, 3.05) is 0 Å². The van der Waals surface area contributed by atoms with Crippen molar-refractivity contribution >= 4 is 23.3 Å². The molecule has 0 fully saturated rings. The molecule has 3 rings (SSSR count). The summed E-state index contributed by atoms with van der Waals surface area (Å²) in [5, 5.41) is 31.5. The first-order chi connectivity index (χ1) is 11.9. The first-order valence-electron chi connectivity index (χ1n) is 7.35. The monoisotopic (exact) mass is 352 g/mol. The first kappa shape index (κ1) is 16.8. The molecule has 0 saturated carbocycles.